The molecule has 0 spiro atoms. The van der Waals surface area contributed by atoms with Crippen LogP contribution in [-0.4, -0.2) is 15.5 Å². The van der Waals surface area contributed by atoms with Crippen molar-refractivity contribution in [2.75, 3.05) is 5.32 Å². The van der Waals surface area contributed by atoms with Crippen molar-refractivity contribution in [3.8, 4) is 0 Å². The number of urea groups is 1. The highest BCUT2D eigenvalue weighted by molar-refractivity contribution is 6.30. The number of carbonyl (C=O) groups is 1. The van der Waals surface area contributed by atoms with Gasteiger partial charge in [0.1, 0.15) is 0 Å². The minimum absolute atomic E-state index is 0.251. The van der Waals surface area contributed by atoms with Gasteiger partial charge in [0.15, 0.2) is 0 Å². The first kappa shape index (κ1) is 24.4. The fourth-order valence-corrected chi connectivity index (χ4v) is 3.95. The van der Waals surface area contributed by atoms with E-state index in [0.717, 1.165) is 23.4 Å². The molecule has 0 aliphatic carbocycles. The van der Waals surface area contributed by atoms with E-state index in [0.29, 0.717) is 22.8 Å². The van der Waals surface area contributed by atoms with Gasteiger partial charge in [-0.1, -0.05) is 60.1 Å². The highest BCUT2D eigenvalue weighted by Crippen LogP contribution is 2.30. The summed E-state index contributed by atoms with van der Waals surface area (Å²) in [7, 11) is 0. The van der Waals surface area contributed by atoms with Crippen LogP contribution in [0.2, 0.25) is 5.02 Å². The lowest BCUT2D eigenvalue weighted by atomic mass is 10.1. The maximum absolute atomic E-state index is 13.2. The summed E-state index contributed by atoms with van der Waals surface area (Å²) in [5, 5.41) is 3.38. The summed E-state index contributed by atoms with van der Waals surface area (Å²) >= 11 is 6.05. The molecular weight excluding hydrogens is 475 g/mol. The fraction of sp³-hybridized carbons (Fsp3) is 0.148. The van der Waals surface area contributed by atoms with E-state index < -0.39 is 11.7 Å². The molecule has 3 aromatic carbocycles. The first-order valence-electron chi connectivity index (χ1n) is 10.9. The van der Waals surface area contributed by atoms with Crippen molar-refractivity contribution in [1.82, 2.24) is 9.47 Å². The second-order valence-electron chi connectivity index (χ2n) is 8.11. The highest BCUT2D eigenvalue weighted by Gasteiger charge is 2.30. The molecule has 0 saturated carbocycles. The van der Waals surface area contributed by atoms with Crippen molar-refractivity contribution in [2.45, 2.75) is 25.8 Å². The molecule has 35 heavy (non-hydrogen) atoms. The van der Waals surface area contributed by atoms with Crippen LogP contribution in [0, 0.1) is 0 Å². The van der Waals surface area contributed by atoms with Crippen LogP contribution in [0.15, 0.2) is 97.2 Å². The third-order valence-corrected chi connectivity index (χ3v) is 5.70. The number of nitrogens with one attached hydrogen (secondary N) is 1. The average molecular weight is 498 g/mol. The Morgan fingerprint density at radius 3 is 2.34 bits per heavy atom. The normalized spacial score (nSPS) is 11.3. The molecule has 0 fully saturated rings. The van der Waals surface area contributed by atoms with Crippen LogP contribution in [-0.2, 0) is 25.8 Å². The van der Waals surface area contributed by atoms with Gasteiger partial charge in [-0.05, 0) is 53.6 Å². The van der Waals surface area contributed by atoms with Crippen LogP contribution < -0.4 is 5.32 Å². The van der Waals surface area contributed by atoms with Crippen molar-refractivity contribution in [3.05, 3.63) is 125 Å². The van der Waals surface area contributed by atoms with Gasteiger partial charge in [0.25, 0.3) is 0 Å². The molecule has 4 nitrogen and oxygen atoms in total. The van der Waals surface area contributed by atoms with Crippen LogP contribution in [0.25, 0.3) is 0 Å². The number of halogens is 4. The molecule has 0 aliphatic heterocycles. The minimum Gasteiger partial charge on any atom is -0.345 e. The van der Waals surface area contributed by atoms with Gasteiger partial charge < -0.3 is 14.8 Å². The van der Waals surface area contributed by atoms with Gasteiger partial charge in [0.2, 0.25) is 0 Å². The molecule has 4 rings (SSSR count). The monoisotopic (exact) mass is 497 g/mol. The van der Waals surface area contributed by atoms with Gasteiger partial charge in [-0.15, -0.1) is 0 Å². The topological polar surface area (TPSA) is 37.3 Å². The molecule has 180 valence electrons. The lowest BCUT2D eigenvalue weighted by molar-refractivity contribution is -0.137. The molecule has 1 N–H and O–H groups in total. The van der Waals surface area contributed by atoms with Crippen LogP contribution in [0.1, 0.15) is 22.4 Å². The molecule has 0 unspecified atom stereocenters. The van der Waals surface area contributed by atoms with Crippen molar-refractivity contribution in [2.24, 2.45) is 0 Å². The minimum atomic E-state index is -4.40. The quantitative estimate of drug-likeness (QED) is 0.283. The van der Waals surface area contributed by atoms with E-state index in [1.54, 1.807) is 41.4 Å². The zero-order chi connectivity index (χ0) is 24.8. The van der Waals surface area contributed by atoms with E-state index in [9.17, 15) is 18.0 Å². The lowest BCUT2D eigenvalue weighted by Crippen LogP contribution is -2.34. The molecule has 0 atom stereocenters. The van der Waals surface area contributed by atoms with Crippen molar-refractivity contribution in [1.29, 1.82) is 0 Å². The molecule has 0 radical (unpaired) electrons. The number of amides is 2. The van der Waals surface area contributed by atoms with E-state index in [2.05, 4.69) is 5.32 Å². The number of hydrogen-bond donors (Lipinski definition) is 1. The van der Waals surface area contributed by atoms with E-state index in [1.165, 1.54) is 6.07 Å². The summed E-state index contributed by atoms with van der Waals surface area (Å²) in [6.45, 7) is 0.858. The molecule has 4 aromatic rings. The summed E-state index contributed by atoms with van der Waals surface area (Å²) in [5.41, 5.74) is 2.15. The van der Waals surface area contributed by atoms with E-state index >= 15 is 0 Å². The largest absolute Gasteiger partial charge is 0.416 e. The van der Waals surface area contributed by atoms with E-state index in [1.807, 2.05) is 47.0 Å². The SMILES string of the molecule is O=C(Nc1cccc(Cl)c1)N(Cc1ccccc1)Cc1cccn1Cc1cccc(C(F)(F)F)c1. The molecule has 0 saturated heterocycles. The van der Waals surface area contributed by atoms with Gasteiger partial charge in [-0.2, -0.15) is 13.2 Å². The third kappa shape index (κ3) is 6.67. The second-order valence-corrected chi connectivity index (χ2v) is 8.54. The van der Waals surface area contributed by atoms with Crippen molar-refractivity contribution in [3.63, 3.8) is 0 Å². The van der Waals surface area contributed by atoms with Crippen LogP contribution in [0.4, 0.5) is 23.7 Å². The number of benzene rings is 3. The molecule has 1 aromatic heterocycles. The number of carbonyl (C=O) groups excluding carboxylic acids is 1. The molecule has 2 amide bonds. The summed E-state index contributed by atoms with van der Waals surface area (Å²) in [6, 6.07) is 25.1. The summed E-state index contributed by atoms with van der Waals surface area (Å²) in [6.07, 6.45) is -2.61. The first-order valence-corrected chi connectivity index (χ1v) is 11.3. The third-order valence-electron chi connectivity index (χ3n) is 5.46. The molecule has 0 aliphatic rings. The zero-order valence-electron chi connectivity index (χ0n) is 18.7. The Kier molecular flexibility index (Phi) is 7.46. The number of nitrogens with zero attached hydrogens (tertiary/aromatic N) is 2. The van der Waals surface area contributed by atoms with Gasteiger partial charge in [-0.3, -0.25) is 0 Å². The molecule has 1 heterocycles. The highest BCUT2D eigenvalue weighted by atomic mass is 35.5. The van der Waals surface area contributed by atoms with Crippen LogP contribution in [0.5, 0.6) is 0 Å². The maximum atomic E-state index is 13.2. The summed E-state index contributed by atoms with van der Waals surface area (Å²) in [5.74, 6) is 0. The Hall–Kier alpha value is -3.71. The molecule has 0 bridgehead atoms. The van der Waals surface area contributed by atoms with Crippen LogP contribution >= 0.6 is 11.6 Å². The maximum Gasteiger partial charge on any atom is 0.416 e. The predicted molar refractivity (Wildman–Crippen MR) is 131 cm³/mol. The standard InChI is InChI=1S/C27H23ClF3N3O/c28-23-11-5-12-24(16-23)32-26(35)34(17-20-7-2-1-3-8-20)19-25-13-6-14-33(25)18-21-9-4-10-22(15-21)27(29,30)31/h1-16H,17-19H2,(H,32,35). The predicted octanol–water partition coefficient (Wildman–Crippen LogP) is 7.44. The lowest BCUT2D eigenvalue weighted by Gasteiger charge is -2.24. The zero-order valence-corrected chi connectivity index (χ0v) is 19.4. The van der Waals surface area contributed by atoms with E-state index in [4.69, 9.17) is 11.6 Å². The number of anilines is 1. The Labute approximate surface area is 206 Å². The smallest absolute Gasteiger partial charge is 0.345 e. The van der Waals surface area contributed by atoms with Crippen molar-refractivity contribution < 1.29 is 18.0 Å². The fourth-order valence-electron chi connectivity index (χ4n) is 3.76. The first-order chi connectivity index (χ1) is 16.8. The van der Waals surface area contributed by atoms with Crippen LogP contribution in [0.3, 0.4) is 0 Å². The number of rotatable bonds is 7. The van der Waals surface area contributed by atoms with Gasteiger partial charge in [0, 0.05) is 35.7 Å². The summed E-state index contributed by atoms with van der Waals surface area (Å²) < 4.78 is 41.2. The van der Waals surface area contributed by atoms with E-state index in [-0.39, 0.29) is 19.1 Å². The number of aromatic nitrogens is 1. The summed E-state index contributed by atoms with van der Waals surface area (Å²) in [4.78, 5) is 14.9. The van der Waals surface area contributed by atoms with Gasteiger partial charge >= 0.3 is 12.2 Å². The average Bonchev–Trinajstić information content (AvgIpc) is 3.25. The van der Waals surface area contributed by atoms with Crippen molar-refractivity contribution >= 4 is 23.3 Å². The Morgan fingerprint density at radius 1 is 0.857 bits per heavy atom. The Bertz CT molecular complexity index is 1290. The Balaban J connectivity index is 1.56. The second kappa shape index (κ2) is 10.7. The van der Waals surface area contributed by atoms with Gasteiger partial charge in [-0.25, -0.2) is 4.79 Å². The number of hydrogen-bond acceptors (Lipinski definition) is 1. The Morgan fingerprint density at radius 2 is 1.60 bits per heavy atom. The molecular formula is C27H23ClF3N3O. The number of alkyl halides is 3. The van der Waals surface area contributed by atoms with Gasteiger partial charge in [0.05, 0.1) is 12.1 Å². The molecule has 8 heteroatoms.